The summed E-state index contributed by atoms with van der Waals surface area (Å²) in [4.78, 5) is 35.1. The number of aliphatic hydroxyl groups is 1. The summed E-state index contributed by atoms with van der Waals surface area (Å²) in [6.07, 6.45) is 6.34. The number of pyridine rings is 2. The fourth-order valence-electron chi connectivity index (χ4n) is 3.39. The average molecular weight is 389 g/mol. The molecule has 3 aromatic rings. The van der Waals surface area contributed by atoms with Crippen LogP contribution in [0.15, 0.2) is 78.9 Å². The second-order valence-electron chi connectivity index (χ2n) is 6.58. The Bertz CT molecular complexity index is 1080. The third-order valence-corrected chi connectivity index (χ3v) is 4.76. The maximum Gasteiger partial charge on any atom is 0.295 e. The summed E-state index contributed by atoms with van der Waals surface area (Å²) in [6, 6.07) is 11.2. The number of rotatable bonds is 4. The average Bonchev–Trinajstić information content (AvgIpc) is 3.00. The Kier molecular flexibility index (Phi) is 4.87. The zero-order valence-corrected chi connectivity index (χ0v) is 15.2. The Balaban J connectivity index is 1.85. The largest absolute Gasteiger partial charge is 0.507 e. The van der Waals surface area contributed by atoms with Crippen molar-refractivity contribution in [3.8, 4) is 0 Å². The zero-order valence-electron chi connectivity index (χ0n) is 15.2. The minimum absolute atomic E-state index is 0.0447. The highest BCUT2D eigenvalue weighted by molar-refractivity contribution is 6.46. The molecule has 1 fully saturated rings. The van der Waals surface area contributed by atoms with Crippen molar-refractivity contribution in [1.29, 1.82) is 0 Å². The number of amides is 1. The van der Waals surface area contributed by atoms with Gasteiger partial charge in [-0.2, -0.15) is 0 Å². The molecule has 6 nitrogen and oxygen atoms in total. The first kappa shape index (κ1) is 18.5. The van der Waals surface area contributed by atoms with E-state index < -0.39 is 23.5 Å². The molecule has 1 saturated heterocycles. The van der Waals surface area contributed by atoms with Crippen LogP contribution in [0.4, 0.5) is 4.39 Å². The summed E-state index contributed by atoms with van der Waals surface area (Å²) in [6.45, 7) is 0.144. The van der Waals surface area contributed by atoms with E-state index >= 15 is 0 Å². The van der Waals surface area contributed by atoms with Gasteiger partial charge in [-0.3, -0.25) is 19.6 Å². The van der Waals surface area contributed by atoms with Crippen LogP contribution in [0.1, 0.15) is 22.7 Å². The van der Waals surface area contributed by atoms with E-state index in [0.717, 1.165) is 5.56 Å². The molecule has 0 aliphatic carbocycles. The van der Waals surface area contributed by atoms with E-state index in [4.69, 9.17) is 0 Å². The molecule has 7 heteroatoms. The zero-order chi connectivity index (χ0) is 20.4. The Labute approximate surface area is 166 Å². The summed E-state index contributed by atoms with van der Waals surface area (Å²) in [5.41, 5.74) is 1.59. The molecule has 0 unspecified atom stereocenters. The number of benzene rings is 1. The number of hydrogen-bond donors (Lipinski definition) is 1. The summed E-state index contributed by atoms with van der Waals surface area (Å²) in [7, 11) is 0. The van der Waals surface area contributed by atoms with Crippen molar-refractivity contribution in [2.45, 2.75) is 12.6 Å². The third kappa shape index (κ3) is 3.50. The lowest BCUT2D eigenvalue weighted by molar-refractivity contribution is -0.140. The molecule has 1 amide bonds. The number of ketones is 1. The van der Waals surface area contributed by atoms with Gasteiger partial charge in [0.2, 0.25) is 0 Å². The van der Waals surface area contributed by atoms with Crippen LogP contribution in [0.3, 0.4) is 0 Å². The predicted molar refractivity (Wildman–Crippen MR) is 103 cm³/mol. The van der Waals surface area contributed by atoms with Gasteiger partial charge in [0.25, 0.3) is 11.7 Å². The molecule has 0 radical (unpaired) electrons. The lowest BCUT2D eigenvalue weighted by Crippen LogP contribution is -2.29. The van der Waals surface area contributed by atoms with Crippen molar-refractivity contribution in [2.24, 2.45) is 0 Å². The molecule has 4 rings (SSSR count). The Hall–Kier alpha value is -3.87. The number of hydrogen-bond acceptors (Lipinski definition) is 5. The minimum atomic E-state index is -0.803. The smallest absolute Gasteiger partial charge is 0.295 e. The predicted octanol–water partition coefficient (Wildman–Crippen LogP) is 3.24. The Morgan fingerprint density at radius 2 is 1.72 bits per heavy atom. The summed E-state index contributed by atoms with van der Waals surface area (Å²) >= 11 is 0. The molecule has 0 saturated carbocycles. The van der Waals surface area contributed by atoms with Crippen LogP contribution in [0.5, 0.6) is 0 Å². The molecular formula is C22H16FN3O3. The highest BCUT2D eigenvalue weighted by Gasteiger charge is 2.46. The number of carbonyl (C=O) groups excluding carboxylic acids is 2. The van der Waals surface area contributed by atoms with E-state index in [-0.39, 0.29) is 23.4 Å². The molecule has 1 aliphatic heterocycles. The van der Waals surface area contributed by atoms with Crippen LogP contribution in [0.25, 0.3) is 5.76 Å². The van der Waals surface area contributed by atoms with Crippen molar-refractivity contribution in [3.05, 3.63) is 101 Å². The molecule has 1 aliphatic rings. The van der Waals surface area contributed by atoms with Crippen LogP contribution in [0.2, 0.25) is 0 Å². The third-order valence-electron chi connectivity index (χ3n) is 4.76. The molecule has 1 N–H and O–H groups in total. The first-order valence-electron chi connectivity index (χ1n) is 8.89. The highest BCUT2D eigenvalue weighted by atomic mass is 19.1. The number of nitrogens with zero attached hydrogens (tertiary/aromatic N) is 3. The van der Waals surface area contributed by atoms with Gasteiger partial charge >= 0.3 is 0 Å². The van der Waals surface area contributed by atoms with Crippen molar-refractivity contribution in [2.75, 3.05) is 0 Å². The molecule has 144 valence electrons. The topological polar surface area (TPSA) is 83.4 Å². The lowest BCUT2D eigenvalue weighted by atomic mass is 9.96. The van der Waals surface area contributed by atoms with Crippen molar-refractivity contribution in [3.63, 3.8) is 0 Å². The number of aromatic nitrogens is 2. The van der Waals surface area contributed by atoms with Gasteiger partial charge in [0.05, 0.1) is 11.6 Å². The van der Waals surface area contributed by atoms with Crippen molar-refractivity contribution < 1.29 is 19.1 Å². The van der Waals surface area contributed by atoms with Crippen molar-refractivity contribution >= 4 is 17.4 Å². The van der Waals surface area contributed by atoms with E-state index in [9.17, 15) is 19.1 Å². The minimum Gasteiger partial charge on any atom is -0.507 e. The van der Waals surface area contributed by atoms with Crippen LogP contribution in [-0.4, -0.2) is 31.7 Å². The van der Waals surface area contributed by atoms with E-state index in [2.05, 4.69) is 9.97 Å². The molecule has 0 spiro atoms. The van der Waals surface area contributed by atoms with Gasteiger partial charge < -0.3 is 10.0 Å². The lowest BCUT2D eigenvalue weighted by Gasteiger charge is -2.25. The number of Topliss-reactive ketones (excluding diaryl/α,β-unsaturated/α-hetero) is 1. The Morgan fingerprint density at radius 3 is 2.38 bits per heavy atom. The second-order valence-corrected chi connectivity index (χ2v) is 6.58. The Morgan fingerprint density at radius 1 is 1.00 bits per heavy atom. The van der Waals surface area contributed by atoms with E-state index in [1.807, 2.05) is 0 Å². The van der Waals surface area contributed by atoms with Gasteiger partial charge in [-0.15, -0.1) is 0 Å². The molecule has 2 aromatic heterocycles. The molecular weight excluding hydrogens is 373 g/mol. The first-order valence-corrected chi connectivity index (χ1v) is 8.89. The first-order chi connectivity index (χ1) is 14.1. The molecule has 1 atom stereocenters. The monoisotopic (exact) mass is 389 g/mol. The van der Waals surface area contributed by atoms with Crippen molar-refractivity contribution in [1.82, 2.24) is 14.9 Å². The van der Waals surface area contributed by atoms with Crippen LogP contribution < -0.4 is 0 Å². The molecule has 3 heterocycles. The van der Waals surface area contributed by atoms with Gasteiger partial charge in [0.15, 0.2) is 0 Å². The maximum absolute atomic E-state index is 13.3. The standard InChI is InChI=1S/C22H16FN3O3/c23-17-5-3-16(4-6-17)20(27)18-19(15-7-10-24-11-8-15)26(22(29)21(18)28)13-14-2-1-9-25-12-14/h1-12,19,27H,13H2/b20-18+/t19-/m1/s1. The number of carbonyl (C=O) groups is 2. The number of likely N-dealkylation sites (tertiary alicyclic amines) is 1. The van der Waals surface area contributed by atoms with Crippen LogP contribution in [0, 0.1) is 5.82 Å². The van der Waals surface area contributed by atoms with Gasteiger partial charge in [0, 0.05) is 36.9 Å². The fraction of sp³-hybridized carbons (Fsp3) is 0.0909. The van der Waals surface area contributed by atoms with E-state index in [0.29, 0.717) is 5.56 Å². The highest BCUT2D eigenvalue weighted by Crippen LogP contribution is 2.39. The molecule has 29 heavy (non-hydrogen) atoms. The molecule has 1 aromatic carbocycles. The van der Waals surface area contributed by atoms with Gasteiger partial charge in [0.1, 0.15) is 11.6 Å². The normalized spacial score (nSPS) is 18.2. The van der Waals surface area contributed by atoms with Crippen LogP contribution in [-0.2, 0) is 16.1 Å². The molecule has 0 bridgehead atoms. The summed E-state index contributed by atoms with van der Waals surface area (Å²) in [5.74, 6) is -2.33. The van der Waals surface area contributed by atoms with E-state index in [1.54, 1.807) is 49.1 Å². The second kappa shape index (κ2) is 7.63. The van der Waals surface area contributed by atoms with Gasteiger partial charge in [-0.25, -0.2) is 4.39 Å². The van der Waals surface area contributed by atoms with Gasteiger partial charge in [-0.05, 0) is 53.6 Å². The maximum atomic E-state index is 13.3. The van der Waals surface area contributed by atoms with Crippen LogP contribution >= 0.6 is 0 Å². The number of aliphatic hydroxyl groups excluding tert-OH is 1. The summed E-state index contributed by atoms with van der Waals surface area (Å²) < 4.78 is 13.3. The van der Waals surface area contributed by atoms with E-state index in [1.165, 1.54) is 29.2 Å². The summed E-state index contributed by atoms with van der Waals surface area (Å²) in [5, 5.41) is 10.8. The quantitative estimate of drug-likeness (QED) is 0.421. The number of halogens is 1. The van der Waals surface area contributed by atoms with Gasteiger partial charge in [-0.1, -0.05) is 6.07 Å². The fourth-order valence-corrected chi connectivity index (χ4v) is 3.39. The SMILES string of the molecule is O=C1C(=O)N(Cc2cccnc2)[C@H](c2ccncc2)/C1=C(\O)c1ccc(F)cc1.